The molecule has 6 heteroatoms. The Kier molecular flexibility index (Phi) is 7.07. The number of carbonyl (C=O) groups is 2. The lowest BCUT2D eigenvalue weighted by molar-refractivity contribution is -0.133. The van der Waals surface area contributed by atoms with Crippen molar-refractivity contribution in [3.05, 3.63) is 66.0 Å². The Morgan fingerprint density at radius 2 is 1.89 bits per heavy atom. The van der Waals surface area contributed by atoms with E-state index in [-0.39, 0.29) is 17.2 Å². The van der Waals surface area contributed by atoms with Crippen molar-refractivity contribution >= 4 is 11.8 Å². The van der Waals surface area contributed by atoms with E-state index in [0.717, 1.165) is 5.56 Å². The van der Waals surface area contributed by atoms with E-state index < -0.39 is 6.04 Å². The molecule has 2 aromatic rings. The number of benzene rings is 1. The van der Waals surface area contributed by atoms with Crippen LogP contribution in [0.4, 0.5) is 0 Å². The number of likely N-dealkylation sites (N-methyl/N-ethyl adjacent to an activating group) is 1. The first-order chi connectivity index (χ1) is 12.8. The second kappa shape index (κ2) is 9.28. The molecule has 1 unspecified atom stereocenters. The first kappa shape index (κ1) is 20.6. The van der Waals surface area contributed by atoms with Crippen molar-refractivity contribution in [2.24, 2.45) is 11.1 Å². The summed E-state index contributed by atoms with van der Waals surface area (Å²) in [5.41, 5.74) is 7.00. The summed E-state index contributed by atoms with van der Waals surface area (Å²) in [4.78, 5) is 31.4. The molecule has 0 saturated carbocycles. The van der Waals surface area contributed by atoms with Crippen LogP contribution in [0.25, 0.3) is 0 Å². The van der Waals surface area contributed by atoms with Crippen molar-refractivity contribution in [1.29, 1.82) is 0 Å². The predicted molar refractivity (Wildman–Crippen MR) is 106 cm³/mol. The van der Waals surface area contributed by atoms with Gasteiger partial charge in [-0.1, -0.05) is 38.1 Å². The van der Waals surface area contributed by atoms with Crippen molar-refractivity contribution < 1.29 is 9.59 Å². The molecule has 0 radical (unpaired) electrons. The highest BCUT2D eigenvalue weighted by atomic mass is 16.2. The molecule has 0 bridgehead atoms. The summed E-state index contributed by atoms with van der Waals surface area (Å²) in [5, 5.41) is 2.88. The molecule has 0 aliphatic heterocycles. The van der Waals surface area contributed by atoms with Gasteiger partial charge < -0.3 is 16.0 Å². The molecular weight excluding hydrogens is 340 g/mol. The zero-order valence-electron chi connectivity index (χ0n) is 16.2. The lowest BCUT2D eigenvalue weighted by Crippen LogP contribution is -2.51. The fourth-order valence-corrected chi connectivity index (χ4v) is 2.84. The fourth-order valence-electron chi connectivity index (χ4n) is 2.84. The van der Waals surface area contributed by atoms with Gasteiger partial charge in [-0.15, -0.1) is 0 Å². The van der Waals surface area contributed by atoms with Crippen LogP contribution >= 0.6 is 0 Å². The lowest BCUT2D eigenvalue weighted by atomic mass is 9.93. The molecule has 0 saturated heterocycles. The molecule has 0 spiro atoms. The Balaban J connectivity index is 2.18. The van der Waals surface area contributed by atoms with Crippen LogP contribution in [0, 0.1) is 5.41 Å². The van der Waals surface area contributed by atoms with Gasteiger partial charge in [0.25, 0.3) is 5.91 Å². The zero-order chi connectivity index (χ0) is 19.9. The van der Waals surface area contributed by atoms with Crippen LogP contribution < -0.4 is 11.1 Å². The number of hydrogen-bond donors (Lipinski definition) is 2. The first-order valence-corrected chi connectivity index (χ1v) is 9.02. The largest absolute Gasteiger partial charge is 0.343 e. The molecule has 0 aliphatic rings. The SMILES string of the molecule is CN(CC(C)(C)CN)C(=O)C(Cc1cccnc1)NC(=O)c1ccccc1. The minimum atomic E-state index is -0.680. The Labute approximate surface area is 160 Å². The standard InChI is InChI=1S/C21H28N4O2/c1-21(2,14-22)15-25(3)20(27)18(12-16-8-7-11-23-13-16)24-19(26)17-9-5-4-6-10-17/h4-11,13,18H,12,14-15,22H2,1-3H3,(H,24,26). The van der Waals surface area contributed by atoms with Crippen molar-refractivity contribution in [3.63, 3.8) is 0 Å². The number of aromatic nitrogens is 1. The number of carbonyl (C=O) groups excluding carboxylic acids is 2. The highest BCUT2D eigenvalue weighted by Crippen LogP contribution is 2.15. The smallest absolute Gasteiger partial charge is 0.251 e. The normalized spacial score (nSPS) is 12.3. The maximum atomic E-state index is 13.1. The molecule has 2 amide bonds. The van der Waals surface area contributed by atoms with E-state index in [4.69, 9.17) is 5.73 Å². The molecule has 1 heterocycles. The second-order valence-corrected chi connectivity index (χ2v) is 7.52. The van der Waals surface area contributed by atoms with E-state index in [2.05, 4.69) is 10.3 Å². The Bertz CT molecular complexity index is 747. The molecule has 0 fully saturated rings. The van der Waals surface area contributed by atoms with Crippen LogP contribution in [-0.4, -0.2) is 47.9 Å². The van der Waals surface area contributed by atoms with E-state index >= 15 is 0 Å². The van der Waals surface area contributed by atoms with Gasteiger partial charge in [0.1, 0.15) is 6.04 Å². The van der Waals surface area contributed by atoms with Crippen molar-refractivity contribution in [1.82, 2.24) is 15.2 Å². The van der Waals surface area contributed by atoms with Gasteiger partial charge in [0.05, 0.1) is 0 Å². The van der Waals surface area contributed by atoms with Gasteiger partial charge in [0.2, 0.25) is 5.91 Å². The van der Waals surface area contributed by atoms with E-state index in [1.165, 1.54) is 0 Å². The highest BCUT2D eigenvalue weighted by molar-refractivity contribution is 5.97. The Morgan fingerprint density at radius 1 is 1.19 bits per heavy atom. The van der Waals surface area contributed by atoms with Crippen molar-refractivity contribution in [2.45, 2.75) is 26.3 Å². The van der Waals surface area contributed by atoms with E-state index in [9.17, 15) is 9.59 Å². The van der Waals surface area contributed by atoms with Gasteiger partial charge >= 0.3 is 0 Å². The van der Waals surface area contributed by atoms with Crippen molar-refractivity contribution in [2.75, 3.05) is 20.1 Å². The molecule has 2 rings (SSSR count). The summed E-state index contributed by atoms with van der Waals surface area (Å²) in [7, 11) is 1.74. The van der Waals surface area contributed by atoms with E-state index in [1.807, 2.05) is 32.0 Å². The number of nitrogens with one attached hydrogen (secondary N) is 1. The summed E-state index contributed by atoms with van der Waals surface area (Å²) in [6, 6.07) is 11.9. The number of pyridine rings is 1. The quantitative estimate of drug-likeness (QED) is 0.744. The summed E-state index contributed by atoms with van der Waals surface area (Å²) in [5.74, 6) is -0.422. The van der Waals surface area contributed by atoms with Gasteiger partial charge in [-0.3, -0.25) is 14.6 Å². The number of amides is 2. The molecule has 1 atom stereocenters. The molecule has 0 aliphatic carbocycles. The molecule has 144 valence electrons. The molecule has 6 nitrogen and oxygen atoms in total. The average Bonchev–Trinajstić information content (AvgIpc) is 2.68. The van der Waals surface area contributed by atoms with Gasteiger partial charge in [-0.25, -0.2) is 0 Å². The van der Waals surface area contributed by atoms with Crippen LogP contribution in [0.1, 0.15) is 29.8 Å². The van der Waals surface area contributed by atoms with Gasteiger partial charge in [0, 0.05) is 38.0 Å². The number of nitrogens with two attached hydrogens (primary N) is 1. The maximum Gasteiger partial charge on any atom is 0.251 e. The topological polar surface area (TPSA) is 88.3 Å². The van der Waals surface area contributed by atoms with Gasteiger partial charge in [-0.2, -0.15) is 0 Å². The summed E-state index contributed by atoms with van der Waals surface area (Å²) < 4.78 is 0. The third kappa shape index (κ3) is 6.18. The van der Waals surface area contributed by atoms with Crippen molar-refractivity contribution in [3.8, 4) is 0 Å². The Hall–Kier alpha value is -2.73. The summed E-state index contributed by atoms with van der Waals surface area (Å²) >= 11 is 0. The third-order valence-corrected chi connectivity index (χ3v) is 4.40. The molecule has 27 heavy (non-hydrogen) atoms. The monoisotopic (exact) mass is 368 g/mol. The van der Waals surface area contributed by atoms with E-state index in [0.29, 0.717) is 25.1 Å². The first-order valence-electron chi connectivity index (χ1n) is 9.02. The number of rotatable bonds is 8. The lowest BCUT2D eigenvalue weighted by Gasteiger charge is -2.31. The summed E-state index contributed by atoms with van der Waals surface area (Å²) in [6.45, 7) is 4.99. The van der Waals surface area contributed by atoms with Crippen LogP contribution in [0.15, 0.2) is 54.9 Å². The van der Waals surface area contributed by atoms with Crippen LogP contribution in [0.3, 0.4) is 0 Å². The average molecular weight is 368 g/mol. The summed E-state index contributed by atoms with van der Waals surface area (Å²) in [6.07, 6.45) is 3.76. The van der Waals surface area contributed by atoms with Crippen LogP contribution in [-0.2, 0) is 11.2 Å². The molecule has 3 N–H and O–H groups in total. The molecular formula is C21H28N4O2. The number of nitrogens with zero attached hydrogens (tertiary/aromatic N) is 2. The van der Waals surface area contributed by atoms with Gasteiger partial charge in [-0.05, 0) is 35.7 Å². The van der Waals surface area contributed by atoms with Gasteiger partial charge in [0.15, 0.2) is 0 Å². The zero-order valence-corrected chi connectivity index (χ0v) is 16.2. The third-order valence-electron chi connectivity index (χ3n) is 4.40. The minimum absolute atomic E-state index is 0.148. The van der Waals surface area contributed by atoms with Crippen LogP contribution in [0.2, 0.25) is 0 Å². The van der Waals surface area contributed by atoms with Crippen LogP contribution in [0.5, 0.6) is 0 Å². The second-order valence-electron chi connectivity index (χ2n) is 7.52. The number of hydrogen-bond acceptors (Lipinski definition) is 4. The van der Waals surface area contributed by atoms with E-state index in [1.54, 1.807) is 48.6 Å². The highest BCUT2D eigenvalue weighted by Gasteiger charge is 2.28. The maximum absolute atomic E-state index is 13.1. The minimum Gasteiger partial charge on any atom is -0.343 e. The molecule has 1 aromatic heterocycles. The fraction of sp³-hybridized carbons (Fsp3) is 0.381. The predicted octanol–water partition coefficient (Wildman–Crippen LogP) is 1.87. The molecule has 1 aromatic carbocycles. The Morgan fingerprint density at radius 3 is 2.48 bits per heavy atom.